The highest BCUT2D eigenvalue weighted by atomic mass is 127. The maximum absolute atomic E-state index is 12.5. The minimum Gasteiger partial charge on any atom is -0.379 e. The van der Waals surface area contributed by atoms with Gasteiger partial charge in [0.15, 0.2) is 5.96 Å². The van der Waals surface area contributed by atoms with Crippen molar-refractivity contribution >= 4 is 35.8 Å². The Hall–Kier alpha value is -1.34. The van der Waals surface area contributed by atoms with E-state index in [1.165, 1.54) is 6.07 Å². The van der Waals surface area contributed by atoms with Gasteiger partial charge in [-0.15, -0.1) is 24.0 Å². The zero-order valence-corrected chi connectivity index (χ0v) is 18.8. The number of aliphatic imine (C=N–C) groups is 1. The summed E-state index contributed by atoms with van der Waals surface area (Å²) in [6.45, 7) is 4.15. The van der Waals surface area contributed by atoms with E-state index >= 15 is 0 Å². The van der Waals surface area contributed by atoms with Crippen molar-refractivity contribution in [3.05, 3.63) is 23.9 Å². The van der Waals surface area contributed by atoms with Gasteiger partial charge in [-0.1, -0.05) is 0 Å². The summed E-state index contributed by atoms with van der Waals surface area (Å²) in [5.41, 5.74) is -0.753. The summed E-state index contributed by atoms with van der Waals surface area (Å²) in [5.74, 6) is 1.13. The molecular formula is C18H29F3IN5O2. The molecule has 1 saturated heterocycles. The van der Waals surface area contributed by atoms with Crippen molar-refractivity contribution in [3.8, 4) is 0 Å². The lowest BCUT2D eigenvalue weighted by atomic mass is 10.3. The number of rotatable bonds is 10. The quantitative estimate of drug-likeness (QED) is 0.187. The molecule has 11 heteroatoms. The molecule has 166 valence electrons. The van der Waals surface area contributed by atoms with Crippen molar-refractivity contribution in [2.45, 2.75) is 31.5 Å². The number of pyridine rings is 1. The molecule has 1 unspecified atom stereocenters. The smallest absolute Gasteiger partial charge is 0.379 e. The standard InChI is InChI=1S/C18H28F3N5O2.HI/c1-22-17(25-9-3-10-28-15-6-11-27-13-15)24-8-2-7-23-16-5-4-14(12-26-16)18(19,20)21;/h4-5,12,15H,2-3,6-11,13H2,1H3,(H,23,26)(H2,22,24,25);1H. The molecule has 0 bridgehead atoms. The molecule has 1 atom stereocenters. The van der Waals surface area contributed by atoms with Gasteiger partial charge in [0.25, 0.3) is 0 Å². The minimum atomic E-state index is -4.37. The van der Waals surface area contributed by atoms with Crippen molar-refractivity contribution in [2.24, 2.45) is 4.99 Å². The Kier molecular flexibility index (Phi) is 12.2. The SMILES string of the molecule is CN=C(NCCCNc1ccc(C(F)(F)F)cn1)NCCCOC1CCOC1.I. The summed E-state index contributed by atoms with van der Waals surface area (Å²) in [5, 5.41) is 9.39. The van der Waals surface area contributed by atoms with Crippen LogP contribution in [-0.4, -0.2) is 63.6 Å². The molecule has 1 aliphatic heterocycles. The summed E-state index contributed by atoms with van der Waals surface area (Å²) in [7, 11) is 1.70. The second-order valence-electron chi connectivity index (χ2n) is 6.35. The van der Waals surface area contributed by atoms with Gasteiger partial charge in [-0.05, 0) is 31.4 Å². The molecule has 3 N–H and O–H groups in total. The van der Waals surface area contributed by atoms with E-state index in [0.717, 1.165) is 44.7 Å². The van der Waals surface area contributed by atoms with Gasteiger partial charge in [0.2, 0.25) is 0 Å². The first-order valence-electron chi connectivity index (χ1n) is 9.40. The van der Waals surface area contributed by atoms with Gasteiger partial charge < -0.3 is 25.4 Å². The molecule has 0 spiro atoms. The molecule has 0 saturated carbocycles. The highest BCUT2D eigenvalue weighted by molar-refractivity contribution is 14.0. The van der Waals surface area contributed by atoms with E-state index < -0.39 is 11.7 Å². The largest absolute Gasteiger partial charge is 0.417 e. The number of nitrogens with one attached hydrogen (secondary N) is 3. The van der Waals surface area contributed by atoms with Crippen molar-refractivity contribution < 1.29 is 22.6 Å². The Balaban J connectivity index is 0.00000420. The maximum Gasteiger partial charge on any atom is 0.417 e. The van der Waals surface area contributed by atoms with Gasteiger partial charge in [0.1, 0.15) is 5.82 Å². The van der Waals surface area contributed by atoms with E-state index in [0.29, 0.717) is 38.1 Å². The molecular weight excluding hydrogens is 502 g/mol. The summed E-state index contributed by atoms with van der Waals surface area (Å²) >= 11 is 0. The number of guanidine groups is 1. The van der Waals surface area contributed by atoms with Crippen LogP contribution in [0.5, 0.6) is 0 Å². The Labute approximate surface area is 186 Å². The molecule has 2 rings (SSSR count). The molecule has 1 aromatic heterocycles. The van der Waals surface area contributed by atoms with Gasteiger partial charge in [-0.2, -0.15) is 13.2 Å². The number of hydrogen-bond donors (Lipinski definition) is 3. The number of alkyl halides is 3. The Bertz CT molecular complexity index is 596. The fourth-order valence-electron chi connectivity index (χ4n) is 2.57. The number of nitrogens with zero attached hydrogens (tertiary/aromatic N) is 2. The fraction of sp³-hybridized carbons (Fsp3) is 0.667. The fourth-order valence-corrected chi connectivity index (χ4v) is 2.57. The van der Waals surface area contributed by atoms with Gasteiger partial charge in [0, 0.05) is 46.1 Å². The number of aromatic nitrogens is 1. The molecule has 7 nitrogen and oxygen atoms in total. The lowest BCUT2D eigenvalue weighted by Gasteiger charge is -2.13. The third-order valence-corrected chi connectivity index (χ3v) is 4.12. The van der Waals surface area contributed by atoms with Crippen LogP contribution < -0.4 is 16.0 Å². The third kappa shape index (κ3) is 10.3. The van der Waals surface area contributed by atoms with E-state index in [1.54, 1.807) is 7.05 Å². The maximum atomic E-state index is 12.5. The summed E-state index contributed by atoms with van der Waals surface area (Å²) in [4.78, 5) is 7.92. The lowest BCUT2D eigenvalue weighted by molar-refractivity contribution is -0.137. The first-order chi connectivity index (χ1) is 13.5. The normalized spacial score (nSPS) is 17.0. The number of ether oxygens (including phenoxy) is 2. The average Bonchev–Trinajstić information content (AvgIpc) is 3.19. The summed E-state index contributed by atoms with van der Waals surface area (Å²) in [6, 6.07) is 2.35. The molecule has 0 amide bonds. The van der Waals surface area contributed by atoms with E-state index in [2.05, 4.69) is 25.9 Å². The molecule has 1 aliphatic rings. The van der Waals surface area contributed by atoms with Crippen molar-refractivity contribution in [1.82, 2.24) is 15.6 Å². The number of anilines is 1. The summed E-state index contributed by atoms with van der Waals surface area (Å²) < 4.78 is 48.4. The Morgan fingerprint density at radius 3 is 2.59 bits per heavy atom. The number of halogens is 4. The molecule has 0 radical (unpaired) electrons. The van der Waals surface area contributed by atoms with Gasteiger partial charge in [0.05, 0.1) is 18.3 Å². The molecule has 0 aliphatic carbocycles. The van der Waals surface area contributed by atoms with Crippen molar-refractivity contribution in [1.29, 1.82) is 0 Å². The van der Waals surface area contributed by atoms with E-state index in [4.69, 9.17) is 9.47 Å². The second-order valence-corrected chi connectivity index (χ2v) is 6.35. The van der Waals surface area contributed by atoms with E-state index in [9.17, 15) is 13.2 Å². The summed E-state index contributed by atoms with van der Waals surface area (Å²) in [6.07, 6.45) is -0.714. The van der Waals surface area contributed by atoms with E-state index in [1.807, 2.05) is 0 Å². The molecule has 0 aromatic carbocycles. The van der Waals surface area contributed by atoms with Crippen LogP contribution in [0.15, 0.2) is 23.3 Å². The molecule has 1 aromatic rings. The highest BCUT2D eigenvalue weighted by Crippen LogP contribution is 2.28. The van der Waals surface area contributed by atoms with Gasteiger partial charge in [-0.3, -0.25) is 4.99 Å². The monoisotopic (exact) mass is 531 g/mol. The minimum absolute atomic E-state index is 0. The van der Waals surface area contributed by atoms with Crippen LogP contribution in [0.25, 0.3) is 0 Å². The molecule has 29 heavy (non-hydrogen) atoms. The Morgan fingerprint density at radius 2 is 2.00 bits per heavy atom. The van der Waals surface area contributed by atoms with Crippen LogP contribution in [0, 0.1) is 0 Å². The van der Waals surface area contributed by atoms with Crippen LogP contribution >= 0.6 is 24.0 Å². The van der Waals surface area contributed by atoms with Crippen molar-refractivity contribution in [3.63, 3.8) is 0 Å². The zero-order valence-electron chi connectivity index (χ0n) is 16.4. The average molecular weight is 531 g/mol. The van der Waals surface area contributed by atoms with Crippen LogP contribution in [0.3, 0.4) is 0 Å². The lowest BCUT2D eigenvalue weighted by Crippen LogP contribution is -2.39. The highest BCUT2D eigenvalue weighted by Gasteiger charge is 2.30. The zero-order chi connectivity index (χ0) is 20.2. The van der Waals surface area contributed by atoms with Gasteiger partial charge in [-0.25, -0.2) is 4.98 Å². The van der Waals surface area contributed by atoms with Gasteiger partial charge >= 0.3 is 6.18 Å². The topological polar surface area (TPSA) is 79.8 Å². The second kappa shape index (κ2) is 13.8. The third-order valence-electron chi connectivity index (χ3n) is 4.12. The van der Waals surface area contributed by atoms with Crippen LogP contribution in [0.4, 0.5) is 19.0 Å². The van der Waals surface area contributed by atoms with Crippen LogP contribution in [0.1, 0.15) is 24.8 Å². The first kappa shape index (κ1) is 25.7. The predicted octanol–water partition coefficient (Wildman–Crippen LogP) is 2.88. The van der Waals surface area contributed by atoms with E-state index in [-0.39, 0.29) is 30.1 Å². The number of hydrogen-bond acceptors (Lipinski definition) is 5. The van der Waals surface area contributed by atoms with Crippen LogP contribution in [-0.2, 0) is 15.7 Å². The van der Waals surface area contributed by atoms with Crippen LogP contribution in [0.2, 0.25) is 0 Å². The Morgan fingerprint density at radius 1 is 1.24 bits per heavy atom. The molecule has 2 heterocycles. The first-order valence-corrected chi connectivity index (χ1v) is 9.40. The van der Waals surface area contributed by atoms with Crippen molar-refractivity contribution in [2.75, 3.05) is 51.8 Å². The predicted molar refractivity (Wildman–Crippen MR) is 117 cm³/mol. The molecule has 1 fully saturated rings.